The Morgan fingerprint density at radius 3 is 2.02 bits per heavy atom. The van der Waals surface area contributed by atoms with Gasteiger partial charge in [0.2, 0.25) is 11.8 Å². The van der Waals surface area contributed by atoms with Crippen molar-refractivity contribution in [2.45, 2.75) is 64.1 Å². The third-order valence-corrected chi connectivity index (χ3v) is 9.30. The molecule has 7 nitrogen and oxygen atoms in total. The van der Waals surface area contributed by atoms with Crippen molar-refractivity contribution in [2.75, 3.05) is 10.8 Å². The highest BCUT2D eigenvalue weighted by atomic mass is 35.5. The lowest BCUT2D eigenvalue weighted by Gasteiger charge is -2.35. The number of carbonyl (C=O) groups is 2. The fraction of sp³-hybridized carbons (Fsp3) is 0.278. The zero-order valence-electron chi connectivity index (χ0n) is 26.3. The van der Waals surface area contributed by atoms with Gasteiger partial charge in [-0.2, -0.15) is 0 Å². The van der Waals surface area contributed by atoms with Gasteiger partial charge >= 0.3 is 0 Å². The third-order valence-electron chi connectivity index (χ3n) is 7.28. The summed E-state index contributed by atoms with van der Waals surface area (Å²) in [5.41, 5.74) is 2.99. The van der Waals surface area contributed by atoms with E-state index in [1.165, 1.54) is 17.0 Å². The van der Waals surface area contributed by atoms with E-state index in [2.05, 4.69) is 5.32 Å². The van der Waals surface area contributed by atoms with Crippen molar-refractivity contribution < 1.29 is 18.0 Å². The maximum atomic E-state index is 14.6. The van der Waals surface area contributed by atoms with E-state index in [0.29, 0.717) is 16.3 Å². The molecule has 0 saturated carbocycles. The van der Waals surface area contributed by atoms with Crippen LogP contribution in [0.4, 0.5) is 5.69 Å². The molecule has 0 saturated heterocycles. The lowest BCUT2D eigenvalue weighted by Crippen LogP contribution is -2.56. The summed E-state index contributed by atoms with van der Waals surface area (Å²) in [7, 11) is -4.17. The summed E-state index contributed by atoms with van der Waals surface area (Å²) in [5.74, 6) is -0.853. The van der Waals surface area contributed by atoms with Gasteiger partial charge in [-0.1, -0.05) is 84.4 Å². The highest BCUT2D eigenvalue weighted by molar-refractivity contribution is 7.92. The third kappa shape index (κ3) is 8.96. The van der Waals surface area contributed by atoms with Crippen LogP contribution < -0.4 is 9.62 Å². The van der Waals surface area contributed by atoms with E-state index in [-0.39, 0.29) is 23.8 Å². The van der Waals surface area contributed by atoms with Gasteiger partial charge in [0.05, 0.1) is 10.6 Å². The van der Waals surface area contributed by atoms with Gasteiger partial charge in [0.25, 0.3) is 10.0 Å². The summed E-state index contributed by atoms with van der Waals surface area (Å²) in [5, 5.41) is 3.58. The van der Waals surface area contributed by atoms with Crippen molar-refractivity contribution in [3.8, 4) is 0 Å². The molecule has 9 heteroatoms. The van der Waals surface area contributed by atoms with E-state index in [1.54, 1.807) is 48.5 Å². The Kier molecular flexibility index (Phi) is 10.7. The second-order valence-corrected chi connectivity index (χ2v) is 14.5. The number of anilines is 1. The number of benzene rings is 4. The number of carbonyl (C=O) groups excluding carboxylic acids is 2. The first-order chi connectivity index (χ1) is 21.2. The molecule has 1 N–H and O–H groups in total. The smallest absolute Gasteiger partial charge is 0.264 e. The van der Waals surface area contributed by atoms with Gasteiger partial charge in [-0.15, -0.1) is 0 Å². The van der Waals surface area contributed by atoms with Crippen molar-refractivity contribution in [1.82, 2.24) is 10.2 Å². The van der Waals surface area contributed by atoms with Crippen LogP contribution >= 0.6 is 11.6 Å². The number of halogens is 1. The first kappa shape index (κ1) is 33.7. The van der Waals surface area contributed by atoms with Gasteiger partial charge < -0.3 is 10.2 Å². The van der Waals surface area contributed by atoms with Crippen LogP contribution in [0.1, 0.15) is 43.0 Å². The molecule has 0 aromatic heterocycles. The molecule has 1 atom stereocenters. The average Bonchev–Trinajstić information content (AvgIpc) is 3.00. The van der Waals surface area contributed by atoms with Crippen molar-refractivity contribution in [1.29, 1.82) is 0 Å². The molecule has 0 spiro atoms. The Morgan fingerprint density at radius 1 is 0.822 bits per heavy atom. The molecule has 0 heterocycles. The number of hydrogen-bond acceptors (Lipinski definition) is 4. The van der Waals surface area contributed by atoms with E-state index >= 15 is 0 Å². The largest absolute Gasteiger partial charge is 0.350 e. The summed E-state index contributed by atoms with van der Waals surface area (Å²) < 4.78 is 29.5. The van der Waals surface area contributed by atoms with Gasteiger partial charge in [0, 0.05) is 23.5 Å². The number of nitrogens with one attached hydrogen (secondary N) is 1. The van der Waals surface area contributed by atoms with Crippen LogP contribution in [0.2, 0.25) is 5.02 Å². The minimum absolute atomic E-state index is 0.0641. The van der Waals surface area contributed by atoms with Gasteiger partial charge in [-0.25, -0.2) is 8.42 Å². The Bertz CT molecular complexity index is 1720. The van der Waals surface area contributed by atoms with Crippen molar-refractivity contribution in [3.63, 3.8) is 0 Å². The molecule has 0 radical (unpaired) electrons. The Hall–Kier alpha value is -4.14. The second-order valence-electron chi connectivity index (χ2n) is 12.2. The summed E-state index contributed by atoms with van der Waals surface area (Å²) in [4.78, 5) is 30.1. The molecular formula is C36H40ClN3O4S. The quantitative estimate of drug-likeness (QED) is 0.197. The molecule has 4 aromatic carbocycles. The Balaban J connectivity index is 1.84. The SMILES string of the molecule is Cc1ccc(C)c(N(CC(=O)N(Cc2ccc(Cl)cc2)C(Cc2ccccc2)C(=O)NC(C)(C)C)S(=O)(=O)c2ccccc2)c1. The van der Waals surface area contributed by atoms with E-state index in [9.17, 15) is 18.0 Å². The van der Waals surface area contributed by atoms with E-state index < -0.39 is 34.1 Å². The summed E-state index contributed by atoms with van der Waals surface area (Å²) in [6.45, 7) is 8.88. The lowest BCUT2D eigenvalue weighted by molar-refractivity contribution is -0.140. The first-order valence-electron chi connectivity index (χ1n) is 14.8. The van der Waals surface area contributed by atoms with Crippen molar-refractivity contribution in [3.05, 3.63) is 130 Å². The second kappa shape index (κ2) is 14.3. The minimum Gasteiger partial charge on any atom is -0.350 e. The highest BCUT2D eigenvalue weighted by Gasteiger charge is 2.36. The van der Waals surface area contributed by atoms with Crippen LogP contribution in [-0.4, -0.2) is 43.3 Å². The number of sulfonamides is 1. The molecule has 236 valence electrons. The van der Waals surface area contributed by atoms with Gasteiger partial charge in [0.1, 0.15) is 12.6 Å². The molecule has 4 rings (SSSR count). The normalized spacial score (nSPS) is 12.3. The molecule has 0 fully saturated rings. The van der Waals surface area contributed by atoms with E-state index in [4.69, 9.17) is 11.6 Å². The summed E-state index contributed by atoms with van der Waals surface area (Å²) >= 11 is 6.16. The molecule has 2 amide bonds. The number of amides is 2. The van der Waals surface area contributed by atoms with Gasteiger partial charge in [0.15, 0.2) is 0 Å². The predicted octanol–water partition coefficient (Wildman–Crippen LogP) is 6.71. The molecule has 4 aromatic rings. The maximum absolute atomic E-state index is 14.6. The van der Waals surface area contributed by atoms with Crippen LogP contribution in [0.5, 0.6) is 0 Å². The monoisotopic (exact) mass is 645 g/mol. The zero-order chi connectivity index (χ0) is 32.8. The molecule has 45 heavy (non-hydrogen) atoms. The van der Waals surface area contributed by atoms with Crippen LogP contribution in [0.15, 0.2) is 108 Å². The van der Waals surface area contributed by atoms with Gasteiger partial charge in [-0.05, 0) is 87.2 Å². The number of aryl methyl sites for hydroxylation is 2. The highest BCUT2D eigenvalue weighted by Crippen LogP contribution is 2.29. The lowest BCUT2D eigenvalue weighted by atomic mass is 10.0. The fourth-order valence-electron chi connectivity index (χ4n) is 5.01. The molecule has 0 aliphatic rings. The van der Waals surface area contributed by atoms with E-state index in [0.717, 1.165) is 21.0 Å². The molecule has 0 bridgehead atoms. The predicted molar refractivity (Wildman–Crippen MR) is 181 cm³/mol. The summed E-state index contributed by atoms with van der Waals surface area (Å²) in [6.07, 6.45) is 0.233. The van der Waals surface area contributed by atoms with Crippen LogP contribution in [-0.2, 0) is 32.6 Å². The topological polar surface area (TPSA) is 86.8 Å². The summed E-state index contributed by atoms with van der Waals surface area (Å²) in [6, 6.07) is 29.1. The number of hydrogen-bond donors (Lipinski definition) is 1. The first-order valence-corrected chi connectivity index (χ1v) is 16.6. The van der Waals surface area contributed by atoms with Crippen LogP contribution in [0.3, 0.4) is 0 Å². The Labute approximate surface area is 271 Å². The van der Waals surface area contributed by atoms with Gasteiger partial charge in [-0.3, -0.25) is 13.9 Å². The fourth-order valence-corrected chi connectivity index (χ4v) is 6.63. The standard InChI is InChI=1S/C36H40ClN3O4S/c1-26-16-17-27(2)32(22-26)40(45(43,44)31-14-10-7-11-15-31)25-34(41)39(24-29-18-20-30(37)21-19-29)33(35(42)38-36(3,4)5)23-28-12-8-6-9-13-28/h6-22,33H,23-25H2,1-5H3,(H,38,42). The Morgan fingerprint density at radius 2 is 1.42 bits per heavy atom. The number of rotatable bonds is 11. The van der Waals surface area contributed by atoms with Crippen LogP contribution in [0.25, 0.3) is 0 Å². The molecule has 1 unspecified atom stereocenters. The molecule has 0 aliphatic carbocycles. The van der Waals surface area contributed by atoms with E-state index in [1.807, 2.05) is 77.1 Å². The van der Waals surface area contributed by atoms with Crippen molar-refractivity contribution in [2.24, 2.45) is 0 Å². The van der Waals surface area contributed by atoms with Crippen LogP contribution in [0, 0.1) is 13.8 Å². The maximum Gasteiger partial charge on any atom is 0.264 e. The average molecular weight is 646 g/mol. The molecule has 0 aliphatic heterocycles. The molecular weight excluding hydrogens is 606 g/mol. The van der Waals surface area contributed by atoms with Crippen molar-refractivity contribution >= 4 is 39.1 Å². The minimum atomic E-state index is -4.17. The number of nitrogens with zero attached hydrogens (tertiary/aromatic N) is 2. The zero-order valence-corrected chi connectivity index (χ0v) is 27.9.